The molecule has 1 saturated heterocycles. The molecule has 0 spiro atoms. The van der Waals surface area contributed by atoms with Crippen LogP contribution in [0.2, 0.25) is 10.0 Å². The molecule has 1 aromatic rings. The summed E-state index contributed by atoms with van der Waals surface area (Å²) in [7, 11) is 0. The van der Waals surface area contributed by atoms with Crippen molar-refractivity contribution < 1.29 is 4.74 Å². The molecule has 0 aromatic heterocycles. The van der Waals surface area contributed by atoms with Crippen LogP contribution in [0.1, 0.15) is 31.9 Å². The van der Waals surface area contributed by atoms with Crippen molar-refractivity contribution in [3.05, 3.63) is 33.8 Å². The number of hydrogen-bond acceptors (Lipinski definition) is 3. The van der Waals surface area contributed by atoms with Crippen LogP contribution in [0.3, 0.4) is 0 Å². The molecule has 3 atom stereocenters. The zero-order chi connectivity index (χ0) is 14.5. The quantitative estimate of drug-likeness (QED) is 0.873. The first kappa shape index (κ1) is 16.1. The lowest BCUT2D eigenvalue weighted by Crippen LogP contribution is -2.45. The standard InChI is InChI=1S/C15H22Cl2N2O/c1-10(7-13-9-20-6-5-18-13)19-11(2)12-3-4-14(16)15(17)8-12/h3-4,8,10-11,13,18-19H,5-7,9H2,1-2H3. The van der Waals surface area contributed by atoms with Gasteiger partial charge in [0.2, 0.25) is 0 Å². The van der Waals surface area contributed by atoms with Crippen LogP contribution in [-0.4, -0.2) is 31.8 Å². The molecule has 1 aliphatic rings. The topological polar surface area (TPSA) is 33.3 Å². The minimum atomic E-state index is 0.240. The van der Waals surface area contributed by atoms with Crippen LogP contribution in [0.15, 0.2) is 18.2 Å². The summed E-state index contributed by atoms with van der Waals surface area (Å²) in [6.07, 6.45) is 1.05. The van der Waals surface area contributed by atoms with Crippen LogP contribution in [0.4, 0.5) is 0 Å². The number of morpholine rings is 1. The zero-order valence-electron chi connectivity index (χ0n) is 12.0. The molecule has 112 valence electrons. The van der Waals surface area contributed by atoms with Crippen LogP contribution in [0.5, 0.6) is 0 Å². The fourth-order valence-electron chi connectivity index (χ4n) is 2.57. The second-order valence-corrected chi connectivity index (χ2v) is 6.24. The highest BCUT2D eigenvalue weighted by atomic mass is 35.5. The van der Waals surface area contributed by atoms with E-state index in [1.165, 1.54) is 0 Å². The molecule has 0 aliphatic carbocycles. The second kappa shape index (κ2) is 7.62. The van der Waals surface area contributed by atoms with Crippen LogP contribution in [-0.2, 0) is 4.74 Å². The molecule has 1 fully saturated rings. The molecule has 1 aromatic carbocycles. The van der Waals surface area contributed by atoms with E-state index < -0.39 is 0 Å². The minimum Gasteiger partial charge on any atom is -0.379 e. The van der Waals surface area contributed by atoms with E-state index in [0.717, 1.165) is 31.7 Å². The lowest BCUT2D eigenvalue weighted by Gasteiger charge is -2.28. The van der Waals surface area contributed by atoms with E-state index in [1.54, 1.807) is 0 Å². The van der Waals surface area contributed by atoms with E-state index in [4.69, 9.17) is 27.9 Å². The molecule has 0 saturated carbocycles. The SMILES string of the molecule is CC(CC1COCCN1)NC(C)c1ccc(Cl)c(Cl)c1. The van der Waals surface area contributed by atoms with Gasteiger partial charge in [0.25, 0.3) is 0 Å². The molecule has 5 heteroatoms. The van der Waals surface area contributed by atoms with Crippen molar-refractivity contribution in [2.75, 3.05) is 19.8 Å². The Morgan fingerprint density at radius 3 is 2.80 bits per heavy atom. The highest BCUT2D eigenvalue weighted by molar-refractivity contribution is 6.42. The summed E-state index contributed by atoms with van der Waals surface area (Å²) >= 11 is 12.0. The Kier molecular flexibility index (Phi) is 6.12. The van der Waals surface area contributed by atoms with Crippen molar-refractivity contribution in [2.45, 2.75) is 38.4 Å². The maximum Gasteiger partial charge on any atom is 0.0620 e. The van der Waals surface area contributed by atoms with Gasteiger partial charge in [-0.3, -0.25) is 0 Å². The molecule has 20 heavy (non-hydrogen) atoms. The molecule has 3 unspecified atom stereocenters. The van der Waals surface area contributed by atoms with Gasteiger partial charge >= 0.3 is 0 Å². The maximum atomic E-state index is 6.06. The van der Waals surface area contributed by atoms with E-state index in [-0.39, 0.29) is 6.04 Å². The van der Waals surface area contributed by atoms with E-state index >= 15 is 0 Å². The van der Waals surface area contributed by atoms with Gasteiger partial charge in [-0.1, -0.05) is 29.3 Å². The van der Waals surface area contributed by atoms with E-state index in [2.05, 4.69) is 24.5 Å². The molecule has 0 bridgehead atoms. The molecule has 2 rings (SSSR count). The number of ether oxygens (including phenoxy) is 1. The van der Waals surface area contributed by atoms with Gasteiger partial charge in [-0.2, -0.15) is 0 Å². The van der Waals surface area contributed by atoms with Crippen molar-refractivity contribution in [3.8, 4) is 0 Å². The Labute approximate surface area is 131 Å². The van der Waals surface area contributed by atoms with Gasteiger partial charge in [0.15, 0.2) is 0 Å². The largest absolute Gasteiger partial charge is 0.379 e. The van der Waals surface area contributed by atoms with Crippen molar-refractivity contribution in [1.82, 2.24) is 10.6 Å². The first-order valence-electron chi connectivity index (χ1n) is 7.08. The number of benzene rings is 1. The van der Waals surface area contributed by atoms with Crippen LogP contribution < -0.4 is 10.6 Å². The average molecular weight is 317 g/mol. The van der Waals surface area contributed by atoms with E-state index in [1.807, 2.05) is 18.2 Å². The molecular formula is C15H22Cl2N2O. The van der Waals surface area contributed by atoms with Crippen molar-refractivity contribution in [3.63, 3.8) is 0 Å². The number of halogens is 2. The normalized spacial score (nSPS) is 22.5. The lowest BCUT2D eigenvalue weighted by atomic mass is 10.0. The summed E-state index contributed by atoms with van der Waals surface area (Å²) < 4.78 is 5.48. The van der Waals surface area contributed by atoms with E-state index in [9.17, 15) is 0 Å². The lowest BCUT2D eigenvalue weighted by molar-refractivity contribution is 0.0708. The molecule has 1 aliphatic heterocycles. The van der Waals surface area contributed by atoms with Gasteiger partial charge < -0.3 is 15.4 Å². The van der Waals surface area contributed by atoms with Crippen molar-refractivity contribution in [1.29, 1.82) is 0 Å². The first-order chi connectivity index (χ1) is 9.56. The first-order valence-corrected chi connectivity index (χ1v) is 7.84. The fourth-order valence-corrected chi connectivity index (χ4v) is 2.88. The summed E-state index contributed by atoms with van der Waals surface area (Å²) in [4.78, 5) is 0. The van der Waals surface area contributed by atoms with Crippen molar-refractivity contribution in [2.24, 2.45) is 0 Å². The fraction of sp³-hybridized carbons (Fsp3) is 0.600. The monoisotopic (exact) mass is 316 g/mol. The minimum absolute atomic E-state index is 0.240. The van der Waals surface area contributed by atoms with Crippen LogP contribution in [0, 0.1) is 0 Å². The van der Waals surface area contributed by atoms with Gasteiger partial charge in [0.05, 0.1) is 23.3 Å². The van der Waals surface area contributed by atoms with Crippen LogP contribution >= 0.6 is 23.2 Å². The predicted octanol–water partition coefficient (Wildman–Crippen LogP) is 3.41. The summed E-state index contributed by atoms with van der Waals surface area (Å²) in [6, 6.07) is 6.87. The van der Waals surface area contributed by atoms with Crippen molar-refractivity contribution >= 4 is 23.2 Å². The van der Waals surface area contributed by atoms with Gasteiger partial charge in [0.1, 0.15) is 0 Å². The Bertz CT molecular complexity index is 436. The molecule has 2 N–H and O–H groups in total. The Hall–Kier alpha value is -0.320. The Morgan fingerprint density at radius 2 is 2.15 bits per heavy atom. The zero-order valence-corrected chi connectivity index (χ0v) is 13.5. The van der Waals surface area contributed by atoms with Gasteiger partial charge in [-0.25, -0.2) is 0 Å². The summed E-state index contributed by atoms with van der Waals surface area (Å²) in [5, 5.41) is 8.27. The third-order valence-electron chi connectivity index (χ3n) is 3.61. The molecule has 3 nitrogen and oxygen atoms in total. The third-order valence-corrected chi connectivity index (χ3v) is 4.35. The Balaban J connectivity index is 1.86. The summed E-state index contributed by atoms with van der Waals surface area (Å²) in [5.41, 5.74) is 1.15. The summed E-state index contributed by atoms with van der Waals surface area (Å²) in [5.74, 6) is 0. The second-order valence-electron chi connectivity index (χ2n) is 5.42. The average Bonchev–Trinajstić information content (AvgIpc) is 2.42. The van der Waals surface area contributed by atoms with Gasteiger partial charge in [0, 0.05) is 24.7 Å². The molecular weight excluding hydrogens is 295 g/mol. The van der Waals surface area contributed by atoms with Crippen LogP contribution in [0.25, 0.3) is 0 Å². The summed E-state index contributed by atoms with van der Waals surface area (Å²) in [6.45, 7) is 6.90. The third kappa shape index (κ3) is 4.61. The number of rotatable bonds is 5. The molecule has 0 amide bonds. The van der Waals surface area contributed by atoms with Gasteiger partial charge in [-0.05, 0) is 38.0 Å². The maximum absolute atomic E-state index is 6.06. The highest BCUT2D eigenvalue weighted by Gasteiger charge is 2.18. The van der Waals surface area contributed by atoms with Gasteiger partial charge in [-0.15, -0.1) is 0 Å². The number of nitrogens with one attached hydrogen (secondary N) is 2. The predicted molar refractivity (Wildman–Crippen MR) is 84.7 cm³/mol. The molecule has 0 radical (unpaired) electrons. The van der Waals surface area contributed by atoms with E-state index in [0.29, 0.717) is 22.1 Å². The highest BCUT2D eigenvalue weighted by Crippen LogP contribution is 2.25. The Morgan fingerprint density at radius 1 is 1.35 bits per heavy atom. The number of hydrogen-bond donors (Lipinski definition) is 2. The molecule has 1 heterocycles. The smallest absolute Gasteiger partial charge is 0.0620 e.